The number of carboxylic acid groups (broad SMARTS) is 1. The highest BCUT2D eigenvalue weighted by Crippen LogP contribution is 2.34. The predicted molar refractivity (Wildman–Crippen MR) is 85.7 cm³/mol. The van der Waals surface area contributed by atoms with E-state index in [0.717, 1.165) is 6.07 Å². The second-order valence-corrected chi connectivity index (χ2v) is 5.56. The molecule has 1 atom stereocenters. The van der Waals surface area contributed by atoms with Gasteiger partial charge in [-0.05, 0) is 25.5 Å². The van der Waals surface area contributed by atoms with Crippen LogP contribution in [-0.2, 0) is 15.8 Å². The van der Waals surface area contributed by atoms with E-state index in [9.17, 15) is 32.9 Å². The number of carbonyl (C=O) groups excluding carboxylic acids is 1. The van der Waals surface area contributed by atoms with Crippen molar-refractivity contribution < 1.29 is 32.8 Å². The van der Waals surface area contributed by atoms with Crippen LogP contribution in [0, 0.1) is 10.1 Å². The first kappa shape index (κ1) is 21.2. The Morgan fingerprint density at radius 2 is 1.96 bits per heavy atom. The highest BCUT2D eigenvalue weighted by Gasteiger charge is 2.33. The number of aliphatic carboxylic acids is 1. The molecule has 0 saturated heterocycles. The van der Waals surface area contributed by atoms with Gasteiger partial charge in [0.05, 0.1) is 10.5 Å². The minimum absolute atomic E-state index is 0.0380. The smallest absolute Gasteiger partial charge is 0.416 e. The Morgan fingerprint density at radius 3 is 2.50 bits per heavy atom. The lowest BCUT2D eigenvalue weighted by Gasteiger charge is -2.13. The molecule has 11 heteroatoms. The number of amides is 1. The summed E-state index contributed by atoms with van der Waals surface area (Å²) in [5.74, 6) is -1.40. The molecule has 0 fully saturated rings. The first-order valence-electron chi connectivity index (χ1n) is 7.61. The molecular weight excluding hydrogens is 359 g/mol. The number of carboxylic acids is 1. The quantitative estimate of drug-likeness (QED) is 0.449. The fourth-order valence-corrected chi connectivity index (χ4v) is 2.08. The van der Waals surface area contributed by atoms with Crippen molar-refractivity contribution in [2.24, 2.45) is 0 Å². The number of rotatable bonds is 9. The lowest BCUT2D eigenvalue weighted by molar-refractivity contribution is -0.384. The van der Waals surface area contributed by atoms with Crippen molar-refractivity contribution in [3.8, 4) is 0 Å². The van der Waals surface area contributed by atoms with Crippen LogP contribution in [-0.4, -0.2) is 34.5 Å². The topological polar surface area (TPSA) is 122 Å². The molecule has 0 aliphatic carbocycles. The van der Waals surface area contributed by atoms with Crippen LogP contribution >= 0.6 is 0 Å². The zero-order valence-electron chi connectivity index (χ0n) is 13.8. The fraction of sp³-hybridized carbons (Fsp3) is 0.467. The molecule has 0 aliphatic rings. The third-order valence-electron chi connectivity index (χ3n) is 3.39. The van der Waals surface area contributed by atoms with Crippen LogP contribution in [0.15, 0.2) is 18.2 Å². The Hall–Kier alpha value is -2.85. The highest BCUT2D eigenvalue weighted by atomic mass is 19.4. The molecule has 0 saturated carbocycles. The van der Waals surface area contributed by atoms with Gasteiger partial charge in [-0.2, -0.15) is 13.2 Å². The van der Waals surface area contributed by atoms with Crippen molar-refractivity contribution in [2.45, 2.75) is 38.4 Å². The monoisotopic (exact) mass is 377 g/mol. The molecule has 144 valence electrons. The van der Waals surface area contributed by atoms with Crippen molar-refractivity contribution in [2.75, 3.05) is 11.9 Å². The lowest BCUT2D eigenvalue weighted by atomic mass is 10.1. The van der Waals surface area contributed by atoms with E-state index in [0.29, 0.717) is 12.1 Å². The van der Waals surface area contributed by atoms with Gasteiger partial charge in [-0.15, -0.1) is 0 Å². The summed E-state index contributed by atoms with van der Waals surface area (Å²) in [7, 11) is 0. The number of alkyl halides is 3. The number of hydrogen-bond acceptors (Lipinski definition) is 5. The zero-order valence-corrected chi connectivity index (χ0v) is 13.8. The largest absolute Gasteiger partial charge is 0.481 e. The average Bonchev–Trinajstić information content (AvgIpc) is 2.51. The van der Waals surface area contributed by atoms with Gasteiger partial charge in [0.15, 0.2) is 0 Å². The first-order valence-corrected chi connectivity index (χ1v) is 7.61. The Morgan fingerprint density at radius 1 is 1.31 bits per heavy atom. The molecule has 0 bridgehead atoms. The second-order valence-electron chi connectivity index (χ2n) is 5.56. The van der Waals surface area contributed by atoms with E-state index < -0.39 is 34.2 Å². The van der Waals surface area contributed by atoms with Crippen molar-refractivity contribution in [3.05, 3.63) is 33.9 Å². The van der Waals surface area contributed by atoms with Gasteiger partial charge >= 0.3 is 12.1 Å². The number of hydrogen-bond donors (Lipinski definition) is 3. The molecule has 3 N–H and O–H groups in total. The minimum Gasteiger partial charge on any atom is -0.481 e. The maximum atomic E-state index is 12.6. The molecule has 1 aromatic carbocycles. The molecule has 1 aromatic rings. The number of benzene rings is 1. The molecule has 1 unspecified atom stereocenters. The molecule has 0 heterocycles. The first-order chi connectivity index (χ1) is 12.0. The number of halogens is 3. The molecule has 0 spiro atoms. The SMILES string of the molecule is CC(CCC(=O)O)NC(=O)CCNc1ccc(C(F)(F)F)cc1[N+](=O)[O-]. The van der Waals surface area contributed by atoms with Crippen LogP contribution in [0.1, 0.15) is 31.7 Å². The summed E-state index contributed by atoms with van der Waals surface area (Å²) in [6, 6.07) is 1.72. The van der Waals surface area contributed by atoms with Gasteiger partial charge in [0, 0.05) is 31.5 Å². The number of anilines is 1. The summed E-state index contributed by atoms with van der Waals surface area (Å²) >= 11 is 0. The second kappa shape index (κ2) is 9.02. The Kier molecular flexibility index (Phi) is 7.35. The van der Waals surface area contributed by atoms with Crippen molar-refractivity contribution >= 4 is 23.3 Å². The third-order valence-corrected chi connectivity index (χ3v) is 3.39. The average molecular weight is 377 g/mol. The molecule has 26 heavy (non-hydrogen) atoms. The van der Waals surface area contributed by atoms with E-state index in [-0.39, 0.29) is 37.5 Å². The standard InChI is InChI=1S/C15H18F3N3O5/c1-9(2-5-14(23)24)20-13(22)6-7-19-11-4-3-10(15(16,17)18)8-12(11)21(25)26/h3-4,8-9,19H,2,5-7H2,1H3,(H,20,22)(H,23,24). The van der Waals surface area contributed by atoms with E-state index >= 15 is 0 Å². The van der Waals surface area contributed by atoms with Gasteiger partial charge in [0.1, 0.15) is 5.69 Å². The van der Waals surface area contributed by atoms with Crippen molar-refractivity contribution in [1.29, 1.82) is 0 Å². The minimum atomic E-state index is -4.70. The summed E-state index contributed by atoms with van der Waals surface area (Å²) in [6.45, 7) is 1.60. The van der Waals surface area contributed by atoms with E-state index in [4.69, 9.17) is 5.11 Å². The summed E-state index contributed by atoms with van der Waals surface area (Å²) in [5.41, 5.74) is -2.01. The number of nitrogens with zero attached hydrogens (tertiary/aromatic N) is 1. The molecule has 0 radical (unpaired) electrons. The van der Waals surface area contributed by atoms with Crippen LogP contribution in [0.5, 0.6) is 0 Å². The Bertz CT molecular complexity index is 679. The van der Waals surface area contributed by atoms with Crippen LogP contribution in [0.25, 0.3) is 0 Å². The lowest BCUT2D eigenvalue weighted by Crippen LogP contribution is -2.33. The Balaban J connectivity index is 2.60. The fourth-order valence-electron chi connectivity index (χ4n) is 2.08. The number of nitrogens with one attached hydrogen (secondary N) is 2. The molecule has 0 aromatic heterocycles. The Labute approximate surface area is 146 Å². The van der Waals surface area contributed by atoms with Crippen LogP contribution in [0.3, 0.4) is 0 Å². The van der Waals surface area contributed by atoms with E-state index in [2.05, 4.69) is 10.6 Å². The van der Waals surface area contributed by atoms with Gasteiger partial charge in [-0.25, -0.2) is 0 Å². The summed E-state index contributed by atoms with van der Waals surface area (Å²) < 4.78 is 37.9. The van der Waals surface area contributed by atoms with E-state index in [1.54, 1.807) is 6.92 Å². The van der Waals surface area contributed by atoms with E-state index in [1.165, 1.54) is 0 Å². The van der Waals surface area contributed by atoms with Gasteiger partial charge < -0.3 is 15.7 Å². The number of carbonyl (C=O) groups is 2. The number of nitro groups is 1. The maximum absolute atomic E-state index is 12.6. The van der Waals surface area contributed by atoms with E-state index in [1.807, 2.05) is 0 Å². The van der Waals surface area contributed by atoms with Crippen molar-refractivity contribution in [1.82, 2.24) is 5.32 Å². The maximum Gasteiger partial charge on any atom is 0.416 e. The molecule has 0 aliphatic heterocycles. The zero-order chi connectivity index (χ0) is 19.9. The summed E-state index contributed by atoms with van der Waals surface area (Å²) in [5, 5.41) is 24.6. The molecular formula is C15H18F3N3O5. The molecule has 1 rings (SSSR count). The van der Waals surface area contributed by atoms with Crippen LogP contribution in [0.2, 0.25) is 0 Å². The van der Waals surface area contributed by atoms with Gasteiger partial charge in [-0.3, -0.25) is 19.7 Å². The molecule has 8 nitrogen and oxygen atoms in total. The number of nitro benzene ring substituents is 1. The summed E-state index contributed by atoms with van der Waals surface area (Å²) in [6.07, 6.45) is -4.64. The van der Waals surface area contributed by atoms with Crippen LogP contribution in [0.4, 0.5) is 24.5 Å². The molecule has 1 amide bonds. The van der Waals surface area contributed by atoms with Gasteiger partial charge in [0.25, 0.3) is 5.69 Å². The normalized spacial score (nSPS) is 12.3. The van der Waals surface area contributed by atoms with Crippen molar-refractivity contribution in [3.63, 3.8) is 0 Å². The predicted octanol–water partition coefficient (Wildman–Crippen LogP) is 2.79. The highest BCUT2D eigenvalue weighted by molar-refractivity contribution is 5.77. The van der Waals surface area contributed by atoms with Gasteiger partial charge in [0.2, 0.25) is 5.91 Å². The summed E-state index contributed by atoms with van der Waals surface area (Å²) in [4.78, 5) is 32.2. The van der Waals surface area contributed by atoms with Crippen LogP contribution < -0.4 is 10.6 Å². The van der Waals surface area contributed by atoms with Gasteiger partial charge in [-0.1, -0.05) is 0 Å². The third kappa shape index (κ3) is 6.95.